The number of rotatable bonds is 10. The highest BCUT2D eigenvalue weighted by molar-refractivity contribution is 7.18. The van der Waals surface area contributed by atoms with E-state index in [4.69, 9.17) is 19.5 Å². The van der Waals surface area contributed by atoms with Crippen LogP contribution in [0.3, 0.4) is 0 Å². The summed E-state index contributed by atoms with van der Waals surface area (Å²) in [5, 5.41) is 11.1. The molecule has 178 valence electrons. The van der Waals surface area contributed by atoms with Gasteiger partial charge in [-0.15, -0.1) is 11.3 Å². The number of anilines is 1. The molecular weight excluding hydrogens is 468 g/mol. The minimum absolute atomic E-state index is 0.0518. The molecule has 1 N–H and O–H groups in total. The zero-order valence-electron chi connectivity index (χ0n) is 18.9. The quantitative estimate of drug-likeness (QED) is 0.324. The second-order valence-corrected chi connectivity index (χ2v) is 8.00. The van der Waals surface area contributed by atoms with Gasteiger partial charge in [0, 0.05) is 11.0 Å². The van der Waals surface area contributed by atoms with Gasteiger partial charge in [-0.3, -0.25) is 4.79 Å². The van der Waals surface area contributed by atoms with Crippen molar-refractivity contribution < 1.29 is 28.6 Å². The van der Waals surface area contributed by atoms with Gasteiger partial charge in [-0.2, -0.15) is 5.26 Å². The fourth-order valence-electron chi connectivity index (χ4n) is 2.90. The van der Waals surface area contributed by atoms with E-state index in [1.165, 1.54) is 23.5 Å². The number of hydrogen-bond donors (Lipinski definition) is 1. The number of thiophene rings is 1. The van der Waals surface area contributed by atoms with Gasteiger partial charge in [0.25, 0.3) is 5.91 Å². The fourth-order valence-corrected chi connectivity index (χ4v) is 3.92. The zero-order chi connectivity index (χ0) is 25.0. The molecule has 0 aliphatic carbocycles. The normalized spacial score (nSPS) is 10.4. The number of esters is 2. The number of amides is 1. The Bertz CT molecular complexity index is 1240. The second kappa shape index (κ2) is 12.7. The number of benzene rings is 2. The second-order valence-electron chi connectivity index (χ2n) is 6.94. The third-order valence-corrected chi connectivity index (χ3v) is 5.63. The Kier molecular flexibility index (Phi) is 9.16. The molecular formula is C26H22N2O6S. The summed E-state index contributed by atoms with van der Waals surface area (Å²) in [4.78, 5) is 37.8. The van der Waals surface area contributed by atoms with Gasteiger partial charge in [-0.05, 0) is 42.3 Å². The van der Waals surface area contributed by atoms with Crippen molar-refractivity contribution in [3.63, 3.8) is 0 Å². The van der Waals surface area contributed by atoms with Crippen LogP contribution >= 0.6 is 11.3 Å². The van der Waals surface area contributed by atoms with Crippen LogP contribution in [0.15, 0.2) is 66.7 Å². The van der Waals surface area contributed by atoms with Crippen molar-refractivity contribution in [2.24, 2.45) is 0 Å². The molecule has 0 aliphatic heterocycles. The van der Waals surface area contributed by atoms with Gasteiger partial charge >= 0.3 is 11.9 Å². The highest BCUT2D eigenvalue weighted by atomic mass is 32.1. The number of nitrogens with one attached hydrogen (secondary N) is 1. The molecule has 3 aromatic rings. The molecule has 0 saturated carbocycles. The van der Waals surface area contributed by atoms with E-state index in [1.807, 2.05) is 36.4 Å². The van der Waals surface area contributed by atoms with Crippen LogP contribution in [0.5, 0.6) is 5.75 Å². The molecule has 1 aromatic heterocycles. The summed E-state index contributed by atoms with van der Waals surface area (Å²) in [6.07, 6.45) is 2.72. The Labute approximate surface area is 206 Å². The summed E-state index contributed by atoms with van der Waals surface area (Å²) < 4.78 is 15.3. The molecule has 0 fully saturated rings. The largest absolute Gasteiger partial charge is 0.479 e. The van der Waals surface area contributed by atoms with Crippen molar-refractivity contribution >= 4 is 40.9 Å². The average Bonchev–Trinajstić information content (AvgIpc) is 3.30. The first-order valence-electron chi connectivity index (χ1n) is 10.6. The molecule has 3 rings (SSSR count). The zero-order valence-corrected chi connectivity index (χ0v) is 19.7. The van der Waals surface area contributed by atoms with E-state index in [2.05, 4.69) is 5.32 Å². The molecule has 0 atom stereocenters. The van der Waals surface area contributed by atoms with Gasteiger partial charge < -0.3 is 19.5 Å². The topological polar surface area (TPSA) is 115 Å². The molecule has 0 saturated heterocycles. The number of carbonyl (C=O) groups is 3. The Morgan fingerprint density at radius 3 is 2.49 bits per heavy atom. The lowest BCUT2D eigenvalue weighted by molar-refractivity contribution is -0.142. The van der Waals surface area contributed by atoms with Crippen LogP contribution in [0.4, 0.5) is 5.69 Å². The molecule has 8 nitrogen and oxygen atoms in total. The highest BCUT2D eigenvalue weighted by Gasteiger charge is 2.20. The van der Waals surface area contributed by atoms with E-state index >= 15 is 0 Å². The molecule has 0 aliphatic rings. The summed E-state index contributed by atoms with van der Waals surface area (Å²) in [5.41, 5.74) is 1.90. The maximum atomic E-state index is 12.4. The monoisotopic (exact) mass is 490 g/mol. The van der Waals surface area contributed by atoms with Crippen LogP contribution in [0, 0.1) is 11.3 Å². The van der Waals surface area contributed by atoms with Gasteiger partial charge in [0.1, 0.15) is 16.7 Å². The molecule has 0 unspecified atom stereocenters. The van der Waals surface area contributed by atoms with Gasteiger partial charge in [0.15, 0.2) is 13.2 Å². The van der Waals surface area contributed by atoms with Crippen molar-refractivity contribution in [1.29, 1.82) is 5.26 Å². The number of carbonyl (C=O) groups excluding carboxylic acids is 3. The van der Waals surface area contributed by atoms with Crippen LogP contribution in [-0.2, 0) is 19.1 Å². The SMILES string of the molecule is CCOC(=O)c1sc(-c2ccccc2)cc1NC(=O)COC(=O)/C=C/c1ccc(OCC#N)cc1. The first kappa shape index (κ1) is 25.2. The maximum absolute atomic E-state index is 12.4. The predicted octanol–water partition coefficient (Wildman–Crippen LogP) is 4.69. The van der Waals surface area contributed by atoms with Crippen molar-refractivity contribution in [3.8, 4) is 22.3 Å². The summed E-state index contributed by atoms with van der Waals surface area (Å²) >= 11 is 1.21. The molecule has 0 bridgehead atoms. The van der Waals surface area contributed by atoms with Crippen LogP contribution in [0.2, 0.25) is 0 Å². The molecule has 35 heavy (non-hydrogen) atoms. The van der Waals surface area contributed by atoms with Gasteiger partial charge in [-0.25, -0.2) is 9.59 Å². The predicted molar refractivity (Wildman–Crippen MR) is 132 cm³/mol. The summed E-state index contributed by atoms with van der Waals surface area (Å²) in [6.45, 7) is 1.32. The first-order chi connectivity index (χ1) is 17.0. The van der Waals surface area contributed by atoms with Crippen LogP contribution in [0.25, 0.3) is 16.5 Å². The van der Waals surface area contributed by atoms with E-state index in [-0.39, 0.29) is 18.1 Å². The Morgan fingerprint density at radius 2 is 1.80 bits per heavy atom. The lowest BCUT2D eigenvalue weighted by Crippen LogP contribution is -2.21. The number of hydrogen-bond acceptors (Lipinski definition) is 8. The third-order valence-electron chi connectivity index (χ3n) is 4.47. The summed E-state index contributed by atoms with van der Waals surface area (Å²) in [6, 6.07) is 19.8. The van der Waals surface area contributed by atoms with Gasteiger partial charge in [-0.1, -0.05) is 42.5 Å². The Balaban J connectivity index is 1.59. The fraction of sp³-hybridized carbons (Fsp3) is 0.154. The average molecular weight is 491 g/mol. The lowest BCUT2D eigenvalue weighted by atomic mass is 10.2. The van der Waals surface area contributed by atoms with Crippen molar-refractivity contribution in [3.05, 3.63) is 77.2 Å². The third kappa shape index (κ3) is 7.55. The molecule has 9 heteroatoms. The number of ether oxygens (including phenoxy) is 3. The standard InChI is InChI=1S/C26H22N2O6S/c1-2-32-26(31)25-21(16-22(35-25)19-6-4-3-5-7-19)28-23(29)17-34-24(30)13-10-18-8-11-20(12-9-18)33-15-14-27/h3-13,16H,2,15,17H2,1H3,(H,28,29)/b13-10+. The number of nitriles is 1. The molecule has 2 aromatic carbocycles. The molecule has 0 spiro atoms. The van der Waals surface area contributed by atoms with E-state index in [1.54, 1.807) is 37.3 Å². The minimum Gasteiger partial charge on any atom is -0.479 e. The molecule has 1 amide bonds. The minimum atomic E-state index is -0.703. The van der Waals surface area contributed by atoms with Crippen molar-refractivity contribution in [1.82, 2.24) is 0 Å². The highest BCUT2D eigenvalue weighted by Crippen LogP contribution is 2.35. The van der Waals surface area contributed by atoms with Gasteiger partial charge in [0.05, 0.1) is 12.3 Å². The van der Waals surface area contributed by atoms with Crippen LogP contribution < -0.4 is 10.1 Å². The van der Waals surface area contributed by atoms with Crippen LogP contribution in [-0.4, -0.2) is 37.7 Å². The maximum Gasteiger partial charge on any atom is 0.350 e. The van der Waals surface area contributed by atoms with Crippen molar-refractivity contribution in [2.75, 3.05) is 25.1 Å². The summed E-state index contributed by atoms with van der Waals surface area (Å²) in [5.74, 6) is -1.30. The van der Waals surface area contributed by atoms with Crippen molar-refractivity contribution in [2.45, 2.75) is 6.92 Å². The smallest absolute Gasteiger partial charge is 0.350 e. The lowest BCUT2D eigenvalue weighted by Gasteiger charge is -2.06. The van der Waals surface area contributed by atoms with Crippen LogP contribution in [0.1, 0.15) is 22.2 Å². The van der Waals surface area contributed by atoms with E-state index in [9.17, 15) is 14.4 Å². The summed E-state index contributed by atoms with van der Waals surface area (Å²) in [7, 11) is 0. The Hall–Kier alpha value is -4.42. The van der Waals surface area contributed by atoms with Gasteiger partial charge in [0.2, 0.25) is 0 Å². The first-order valence-corrected chi connectivity index (χ1v) is 11.4. The Morgan fingerprint density at radius 1 is 1.06 bits per heavy atom. The van der Waals surface area contributed by atoms with E-state index < -0.39 is 24.5 Å². The van der Waals surface area contributed by atoms with E-state index in [0.29, 0.717) is 17.0 Å². The molecule has 0 radical (unpaired) electrons. The van der Waals surface area contributed by atoms with E-state index in [0.717, 1.165) is 10.4 Å². The molecule has 1 heterocycles. The number of nitrogens with zero attached hydrogens (tertiary/aromatic N) is 1.